The number of hydrogen-bond donors (Lipinski definition) is 0. The molecule has 0 saturated heterocycles. The van der Waals surface area contributed by atoms with Gasteiger partial charge in [0, 0.05) is 23.5 Å². The number of rotatable bonds is 2. The molecular weight excluding hydrogens is 168 g/mol. The smallest absolute Gasteiger partial charge is 0.181 e. The zero-order valence-corrected chi connectivity index (χ0v) is 6.68. The monoisotopic (exact) mass is 174 g/mol. The molecule has 2 aromatic rings. The van der Waals surface area contributed by atoms with Crippen molar-refractivity contribution in [1.29, 1.82) is 0 Å². The van der Waals surface area contributed by atoms with E-state index in [9.17, 15) is 4.79 Å². The minimum absolute atomic E-state index is 0.548. The Morgan fingerprint density at radius 2 is 2.23 bits per heavy atom. The molecule has 2 aromatic heterocycles. The summed E-state index contributed by atoms with van der Waals surface area (Å²) in [4.78, 5) is 18.3. The lowest BCUT2D eigenvalue weighted by molar-refractivity contribution is 0.112. The SMILES string of the molecule is O=Cc1ccncc1-c1cnco1. The van der Waals surface area contributed by atoms with E-state index in [1.807, 2.05) is 0 Å². The van der Waals surface area contributed by atoms with Crippen LogP contribution in [0.3, 0.4) is 0 Å². The van der Waals surface area contributed by atoms with Crippen molar-refractivity contribution in [2.24, 2.45) is 0 Å². The van der Waals surface area contributed by atoms with Gasteiger partial charge in [0.25, 0.3) is 0 Å². The number of hydrogen-bond acceptors (Lipinski definition) is 4. The lowest BCUT2D eigenvalue weighted by atomic mass is 10.1. The van der Waals surface area contributed by atoms with Crippen LogP contribution in [0.1, 0.15) is 10.4 Å². The highest BCUT2D eigenvalue weighted by atomic mass is 16.3. The quantitative estimate of drug-likeness (QED) is 0.648. The van der Waals surface area contributed by atoms with Crippen LogP contribution in [0.4, 0.5) is 0 Å². The highest BCUT2D eigenvalue weighted by Gasteiger charge is 2.06. The van der Waals surface area contributed by atoms with E-state index >= 15 is 0 Å². The van der Waals surface area contributed by atoms with Gasteiger partial charge < -0.3 is 4.42 Å². The Bertz CT molecular complexity index is 409. The van der Waals surface area contributed by atoms with E-state index in [1.54, 1.807) is 24.7 Å². The summed E-state index contributed by atoms with van der Waals surface area (Å²) in [5.41, 5.74) is 1.21. The molecule has 0 aromatic carbocycles. The highest BCUT2D eigenvalue weighted by molar-refractivity contribution is 5.85. The van der Waals surface area contributed by atoms with Crippen LogP contribution in [-0.4, -0.2) is 16.3 Å². The average Bonchev–Trinajstić information content (AvgIpc) is 2.70. The Hall–Kier alpha value is -1.97. The Morgan fingerprint density at radius 3 is 2.92 bits per heavy atom. The Kier molecular flexibility index (Phi) is 1.88. The van der Waals surface area contributed by atoms with Gasteiger partial charge in [-0.3, -0.25) is 9.78 Å². The third-order valence-electron chi connectivity index (χ3n) is 1.68. The maximum Gasteiger partial charge on any atom is 0.181 e. The van der Waals surface area contributed by atoms with Gasteiger partial charge in [-0.25, -0.2) is 4.98 Å². The van der Waals surface area contributed by atoms with Gasteiger partial charge in [-0.2, -0.15) is 0 Å². The summed E-state index contributed by atoms with van der Waals surface area (Å²) in [7, 11) is 0. The first-order chi connectivity index (χ1) is 6.42. The third-order valence-corrected chi connectivity index (χ3v) is 1.68. The first kappa shape index (κ1) is 7.67. The van der Waals surface area contributed by atoms with Crippen LogP contribution in [0.15, 0.2) is 35.5 Å². The van der Waals surface area contributed by atoms with Crippen molar-refractivity contribution in [1.82, 2.24) is 9.97 Å². The molecule has 0 atom stereocenters. The molecule has 0 N–H and O–H groups in total. The lowest BCUT2D eigenvalue weighted by Crippen LogP contribution is -1.86. The van der Waals surface area contributed by atoms with Crippen LogP contribution in [-0.2, 0) is 0 Å². The average molecular weight is 174 g/mol. The molecule has 0 aliphatic carbocycles. The molecule has 0 amide bonds. The van der Waals surface area contributed by atoms with Crippen LogP contribution in [0, 0.1) is 0 Å². The third kappa shape index (κ3) is 1.33. The number of carbonyl (C=O) groups is 1. The van der Waals surface area contributed by atoms with Crippen LogP contribution in [0.25, 0.3) is 11.3 Å². The maximum absolute atomic E-state index is 10.6. The number of oxazole rings is 1. The zero-order valence-electron chi connectivity index (χ0n) is 6.68. The molecule has 2 rings (SSSR count). The summed E-state index contributed by atoms with van der Waals surface area (Å²) in [5.74, 6) is 0.551. The minimum Gasteiger partial charge on any atom is -0.443 e. The van der Waals surface area contributed by atoms with Gasteiger partial charge >= 0.3 is 0 Å². The zero-order chi connectivity index (χ0) is 9.10. The van der Waals surface area contributed by atoms with Crippen molar-refractivity contribution in [3.63, 3.8) is 0 Å². The second kappa shape index (κ2) is 3.18. The number of pyridine rings is 1. The number of aldehydes is 1. The second-order valence-electron chi connectivity index (χ2n) is 2.45. The summed E-state index contributed by atoms with van der Waals surface area (Å²) >= 11 is 0. The Labute approximate surface area is 74.2 Å². The fourth-order valence-electron chi connectivity index (χ4n) is 1.06. The fraction of sp³-hybridized carbons (Fsp3) is 0. The van der Waals surface area contributed by atoms with Crippen molar-refractivity contribution in [2.75, 3.05) is 0 Å². The molecule has 0 spiro atoms. The van der Waals surface area contributed by atoms with E-state index in [2.05, 4.69) is 9.97 Å². The van der Waals surface area contributed by atoms with Crippen molar-refractivity contribution in [2.45, 2.75) is 0 Å². The molecule has 0 saturated carbocycles. The van der Waals surface area contributed by atoms with E-state index in [-0.39, 0.29) is 0 Å². The standard InChI is InChI=1S/C9H6N2O2/c12-5-7-1-2-10-3-8(7)9-4-11-6-13-9/h1-6H. The molecular formula is C9H6N2O2. The molecule has 0 aliphatic rings. The molecule has 2 heterocycles. The largest absolute Gasteiger partial charge is 0.443 e. The van der Waals surface area contributed by atoms with Gasteiger partial charge in [0.1, 0.15) is 0 Å². The van der Waals surface area contributed by atoms with Crippen LogP contribution < -0.4 is 0 Å². The first-order valence-electron chi connectivity index (χ1n) is 3.70. The normalized spacial score (nSPS) is 9.85. The number of nitrogens with zero attached hydrogens (tertiary/aromatic N) is 2. The topological polar surface area (TPSA) is 56.0 Å². The van der Waals surface area contributed by atoms with E-state index in [0.29, 0.717) is 16.9 Å². The van der Waals surface area contributed by atoms with Gasteiger partial charge in [0.15, 0.2) is 18.4 Å². The minimum atomic E-state index is 0.548. The van der Waals surface area contributed by atoms with Gasteiger partial charge in [-0.05, 0) is 6.07 Å². The van der Waals surface area contributed by atoms with Gasteiger partial charge in [0.05, 0.1) is 6.20 Å². The molecule has 0 radical (unpaired) electrons. The maximum atomic E-state index is 10.6. The van der Waals surface area contributed by atoms with E-state index < -0.39 is 0 Å². The summed E-state index contributed by atoms with van der Waals surface area (Å²) in [6, 6.07) is 1.63. The molecule has 4 heteroatoms. The van der Waals surface area contributed by atoms with Gasteiger partial charge in [-0.15, -0.1) is 0 Å². The van der Waals surface area contributed by atoms with Crippen LogP contribution in [0.5, 0.6) is 0 Å². The highest BCUT2D eigenvalue weighted by Crippen LogP contribution is 2.20. The second-order valence-corrected chi connectivity index (χ2v) is 2.45. The van der Waals surface area contributed by atoms with Gasteiger partial charge in [0.2, 0.25) is 0 Å². The predicted molar refractivity (Wildman–Crippen MR) is 45.1 cm³/mol. The van der Waals surface area contributed by atoms with Crippen LogP contribution in [0.2, 0.25) is 0 Å². The van der Waals surface area contributed by atoms with E-state index in [1.165, 1.54) is 6.39 Å². The molecule has 13 heavy (non-hydrogen) atoms. The van der Waals surface area contributed by atoms with Crippen LogP contribution >= 0.6 is 0 Å². The molecule has 0 unspecified atom stereocenters. The lowest BCUT2D eigenvalue weighted by Gasteiger charge is -1.97. The van der Waals surface area contributed by atoms with Gasteiger partial charge in [-0.1, -0.05) is 0 Å². The van der Waals surface area contributed by atoms with E-state index in [0.717, 1.165) is 6.29 Å². The predicted octanol–water partition coefficient (Wildman–Crippen LogP) is 1.55. The Balaban J connectivity index is 2.57. The number of aromatic nitrogens is 2. The summed E-state index contributed by atoms with van der Waals surface area (Å²) in [6.45, 7) is 0. The molecule has 0 fully saturated rings. The van der Waals surface area contributed by atoms with Crippen molar-refractivity contribution >= 4 is 6.29 Å². The first-order valence-corrected chi connectivity index (χ1v) is 3.70. The van der Waals surface area contributed by atoms with Crippen molar-refractivity contribution < 1.29 is 9.21 Å². The fourth-order valence-corrected chi connectivity index (χ4v) is 1.06. The summed E-state index contributed by atoms with van der Waals surface area (Å²) < 4.78 is 5.05. The summed E-state index contributed by atoms with van der Waals surface area (Å²) in [6.07, 6.45) is 6.76. The molecule has 4 nitrogen and oxygen atoms in total. The molecule has 64 valence electrons. The van der Waals surface area contributed by atoms with Crippen molar-refractivity contribution in [3.8, 4) is 11.3 Å². The number of carbonyl (C=O) groups excluding carboxylic acids is 1. The van der Waals surface area contributed by atoms with E-state index in [4.69, 9.17) is 4.42 Å². The summed E-state index contributed by atoms with van der Waals surface area (Å²) in [5, 5.41) is 0. The molecule has 0 aliphatic heterocycles. The molecule has 0 bridgehead atoms. The van der Waals surface area contributed by atoms with Crippen molar-refractivity contribution in [3.05, 3.63) is 36.6 Å². The Morgan fingerprint density at radius 1 is 1.31 bits per heavy atom.